The molecule has 0 aromatic heterocycles. The van der Waals surface area contributed by atoms with Crippen molar-refractivity contribution in [3.8, 4) is 0 Å². The van der Waals surface area contributed by atoms with Gasteiger partial charge in [0.15, 0.2) is 0 Å². The Balaban J connectivity index is 1.64. The maximum absolute atomic E-state index is 5.91. The Morgan fingerprint density at radius 3 is 2.24 bits per heavy atom. The number of rotatable bonds is 6. The zero-order valence-corrected chi connectivity index (χ0v) is 12.4. The van der Waals surface area contributed by atoms with Crippen molar-refractivity contribution in [3.05, 3.63) is 71.8 Å². The van der Waals surface area contributed by atoms with Crippen LogP contribution in [0.5, 0.6) is 0 Å². The van der Waals surface area contributed by atoms with Crippen molar-refractivity contribution >= 4 is 0 Å². The molecule has 2 heteroatoms. The van der Waals surface area contributed by atoms with Gasteiger partial charge in [0.05, 0.1) is 6.10 Å². The lowest BCUT2D eigenvalue weighted by Gasteiger charge is -2.24. The average Bonchev–Trinajstić information content (AvgIpc) is 3.08. The third-order valence-corrected chi connectivity index (χ3v) is 4.12. The van der Waals surface area contributed by atoms with E-state index in [9.17, 15) is 0 Å². The minimum atomic E-state index is 0.342. The van der Waals surface area contributed by atoms with Crippen molar-refractivity contribution in [2.75, 3.05) is 6.61 Å². The van der Waals surface area contributed by atoms with Crippen molar-refractivity contribution < 1.29 is 4.74 Å². The van der Waals surface area contributed by atoms with Gasteiger partial charge in [0.25, 0.3) is 0 Å². The third-order valence-electron chi connectivity index (χ3n) is 4.12. The second-order valence-electron chi connectivity index (χ2n) is 5.71. The minimum absolute atomic E-state index is 0.342. The summed E-state index contributed by atoms with van der Waals surface area (Å²) in [5.74, 6) is 0. The maximum atomic E-state index is 5.91. The van der Waals surface area contributed by atoms with Crippen LogP contribution in [0.4, 0.5) is 0 Å². The van der Waals surface area contributed by atoms with Gasteiger partial charge in [-0.2, -0.15) is 0 Å². The Labute approximate surface area is 127 Å². The van der Waals surface area contributed by atoms with Crippen molar-refractivity contribution in [2.45, 2.75) is 38.0 Å². The quantitative estimate of drug-likeness (QED) is 0.874. The second-order valence-corrected chi connectivity index (χ2v) is 5.71. The van der Waals surface area contributed by atoms with Gasteiger partial charge < -0.3 is 10.1 Å². The normalized spacial score (nSPS) is 19.5. The molecule has 0 spiro atoms. The van der Waals surface area contributed by atoms with E-state index in [1.54, 1.807) is 0 Å². The van der Waals surface area contributed by atoms with Gasteiger partial charge in [0.2, 0.25) is 0 Å². The van der Waals surface area contributed by atoms with Crippen molar-refractivity contribution in [1.82, 2.24) is 5.32 Å². The fraction of sp³-hybridized carbons (Fsp3) is 0.368. The van der Waals surface area contributed by atoms with Crippen LogP contribution in [0.1, 0.15) is 24.0 Å². The fourth-order valence-corrected chi connectivity index (χ4v) is 2.97. The highest BCUT2D eigenvalue weighted by molar-refractivity contribution is 5.17. The molecule has 110 valence electrons. The monoisotopic (exact) mass is 281 g/mol. The summed E-state index contributed by atoms with van der Waals surface area (Å²) >= 11 is 0. The molecule has 1 aliphatic rings. The Hall–Kier alpha value is -1.64. The highest BCUT2D eigenvalue weighted by Gasteiger charge is 2.25. The molecule has 2 aromatic rings. The first-order valence-electron chi connectivity index (χ1n) is 7.84. The summed E-state index contributed by atoms with van der Waals surface area (Å²) in [5.41, 5.74) is 2.70. The molecule has 0 amide bonds. The molecular formula is C19H23NO. The van der Waals surface area contributed by atoms with E-state index in [0.717, 1.165) is 19.6 Å². The highest BCUT2D eigenvalue weighted by atomic mass is 16.5. The highest BCUT2D eigenvalue weighted by Crippen LogP contribution is 2.19. The molecular weight excluding hydrogens is 258 g/mol. The van der Waals surface area contributed by atoms with Gasteiger partial charge in [-0.25, -0.2) is 0 Å². The molecule has 2 aromatic carbocycles. The molecule has 1 N–H and O–H groups in total. The second kappa shape index (κ2) is 7.39. The molecule has 1 saturated heterocycles. The number of hydrogen-bond acceptors (Lipinski definition) is 2. The molecule has 2 nitrogen and oxygen atoms in total. The van der Waals surface area contributed by atoms with Crippen molar-refractivity contribution in [1.29, 1.82) is 0 Å². The Kier molecular flexibility index (Phi) is 5.03. The molecule has 3 rings (SSSR count). The van der Waals surface area contributed by atoms with Gasteiger partial charge in [-0.1, -0.05) is 60.7 Å². The van der Waals surface area contributed by atoms with E-state index in [0.29, 0.717) is 12.1 Å². The van der Waals surface area contributed by atoms with E-state index in [1.165, 1.54) is 24.0 Å². The smallest absolute Gasteiger partial charge is 0.0732 e. The lowest BCUT2D eigenvalue weighted by atomic mass is 9.99. The first-order chi connectivity index (χ1) is 10.4. The molecule has 2 atom stereocenters. The van der Waals surface area contributed by atoms with Gasteiger partial charge >= 0.3 is 0 Å². The predicted octanol–water partition coefficient (Wildman–Crippen LogP) is 3.57. The van der Waals surface area contributed by atoms with Gasteiger partial charge in [0.1, 0.15) is 0 Å². The SMILES string of the molecule is c1ccc(CN[C@@H](Cc2ccccc2)[C@H]2CCCO2)cc1. The largest absolute Gasteiger partial charge is 0.377 e. The summed E-state index contributed by atoms with van der Waals surface area (Å²) in [4.78, 5) is 0. The number of ether oxygens (including phenoxy) is 1. The van der Waals surface area contributed by atoms with Crippen LogP contribution < -0.4 is 5.32 Å². The Morgan fingerprint density at radius 2 is 1.62 bits per heavy atom. The van der Waals surface area contributed by atoms with Crippen LogP contribution in [0, 0.1) is 0 Å². The van der Waals surface area contributed by atoms with Crippen molar-refractivity contribution in [3.63, 3.8) is 0 Å². The number of hydrogen-bond donors (Lipinski definition) is 1. The maximum Gasteiger partial charge on any atom is 0.0732 e. The van der Waals surface area contributed by atoms with E-state index >= 15 is 0 Å². The van der Waals surface area contributed by atoms with Gasteiger partial charge in [-0.3, -0.25) is 0 Å². The number of nitrogens with one attached hydrogen (secondary N) is 1. The van der Waals surface area contributed by atoms with Crippen LogP contribution in [0.3, 0.4) is 0 Å². The van der Waals surface area contributed by atoms with Gasteiger partial charge in [0, 0.05) is 19.2 Å². The van der Waals surface area contributed by atoms with E-state index in [1.807, 2.05) is 0 Å². The van der Waals surface area contributed by atoms with E-state index in [4.69, 9.17) is 4.74 Å². The summed E-state index contributed by atoms with van der Waals surface area (Å²) < 4.78 is 5.91. The van der Waals surface area contributed by atoms with E-state index in [2.05, 4.69) is 66.0 Å². The lowest BCUT2D eigenvalue weighted by Crippen LogP contribution is -2.41. The average molecular weight is 281 g/mol. The third kappa shape index (κ3) is 4.16. The topological polar surface area (TPSA) is 21.3 Å². The van der Waals surface area contributed by atoms with E-state index in [-0.39, 0.29) is 0 Å². The zero-order chi connectivity index (χ0) is 14.3. The molecule has 1 fully saturated rings. The summed E-state index contributed by atoms with van der Waals surface area (Å²) in [7, 11) is 0. The molecule has 0 bridgehead atoms. The minimum Gasteiger partial charge on any atom is -0.377 e. The summed E-state index contributed by atoms with van der Waals surface area (Å²) in [6, 6.07) is 21.7. The van der Waals surface area contributed by atoms with Crippen LogP contribution in [0.2, 0.25) is 0 Å². The zero-order valence-electron chi connectivity index (χ0n) is 12.4. The van der Waals surface area contributed by atoms with Crippen molar-refractivity contribution in [2.24, 2.45) is 0 Å². The van der Waals surface area contributed by atoms with Gasteiger partial charge in [-0.15, -0.1) is 0 Å². The van der Waals surface area contributed by atoms with Crippen LogP contribution >= 0.6 is 0 Å². The molecule has 0 saturated carbocycles. The van der Waals surface area contributed by atoms with Crippen LogP contribution in [0.15, 0.2) is 60.7 Å². The predicted molar refractivity (Wildman–Crippen MR) is 86.2 cm³/mol. The van der Waals surface area contributed by atoms with Gasteiger partial charge in [-0.05, 0) is 30.4 Å². The molecule has 0 radical (unpaired) electrons. The Morgan fingerprint density at radius 1 is 0.952 bits per heavy atom. The fourth-order valence-electron chi connectivity index (χ4n) is 2.97. The molecule has 0 aliphatic carbocycles. The molecule has 0 unspecified atom stereocenters. The van der Waals surface area contributed by atoms with Crippen LogP contribution in [0.25, 0.3) is 0 Å². The summed E-state index contributed by atoms with van der Waals surface area (Å²) in [5, 5.41) is 3.70. The standard InChI is InChI=1S/C19H23NO/c1-3-8-16(9-4-1)14-18(19-12-7-13-21-19)20-15-17-10-5-2-6-11-17/h1-6,8-11,18-20H,7,12-15H2/t18-,19+/m0/s1. The first kappa shape index (κ1) is 14.3. The van der Waals surface area contributed by atoms with Crippen LogP contribution in [-0.4, -0.2) is 18.8 Å². The summed E-state index contributed by atoms with van der Waals surface area (Å²) in [6.07, 6.45) is 3.72. The first-order valence-corrected chi connectivity index (χ1v) is 7.84. The number of benzene rings is 2. The molecule has 1 aliphatic heterocycles. The lowest BCUT2D eigenvalue weighted by molar-refractivity contribution is 0.0777. The molecule has 1 heterocycles. The Bertz CT molecular complexity index is 520. The molecule has 21 heavy (non-hydrogen) atoms. The van der Waals surface area contributed by atoms with Crippen LogP contribution in [-0.2, 0) is 17.7 Å². The van der Waals surface area contributed by atoms with E-state index < -0.39 is 0 Å². The summed E-state index contributed by atoms with van der Waals surface area (Å²) in [6.45, 7) is 1.81.